The van der Waals surface area contributed by atoms with Crippen molar-refractivity contribution in [3.63, 3.8) is 0 Å². The minimum atomic E-state index is -0.338. The number of aryl methyl sites for hydroxylation is 2. The monoisotopic (exact) mass is 474 g/mol. The Hall–Kier alpha value is -3.17. The molecule has 3 aromatic rings. The van der Waals surface area contributed by atoms with Gasteiger partial charge in [-0.1, -0.05) is 25.1 Å². The SMILES string of the molecule is C=CCC.COC.Cc1nc(N)c(N)c(C(=O)NCCc2c[nH]c(C)c2C)n1.c1ccsc1. The van der Waals surface area contributed by atoms with E-state index in [0.29, 0.717) is 12.4 Å². The highest BCUT2D eigenvalue weighted by Crippen LogP contribution is 2.16. The van der Waals surface area contributed by atoms with Gasteiger partial charge in [0, 0.05) is 32.7 Å². The molecule has 9 heteroatoms. The highest BCUT2D eigenvalue weighted by molar-refractivity contribution is 7.07. The third-order valence-electron chi connectivity index (χ3n) is 4.20. The Bertz CT molecular complexity index is 922. The van der Waals surface area contributed by atoms with Gasteiger partial charge in [0.25, 0.3) is 5.91 Å². The summed E-state index contributed by atoms with van der Waals surface area (Å²) in [5.74, 6) is 0.211. The molecule has 0 aliphatic carbocycles. The van der Waals surface area contributed by atoms with Gasteiger partial charge >= 0.3 is 0 Å². The fourth-order valence-corrected chi connectivity index (χ4v) is 2.76. The van der Waals surface area contributed by atoms with Crippen molar-refractivity contribution < 1.29 is 9.53 Å². The molecular formula is C24H38N6O2S. The number of carbonyl (C=O) groups excluding carboxylic acids is 1. The summed E-state index contributed by atoms with van der Waals surface area (Å²) in [5, 5.41) is 6.88. The Morgan fingerprint density at radius 1 is 1.21 bits per heavy atom. The molecule has 0 aromatic carbocycles. The summed E-state index contributed by atoms with van der Waals surface area (Å²) in [6.45, 7) is 11.8. The maximum absolute atomic E-state index is 12.1. The molecule has 0 fully saturated rings. The normalized spacial score (nSPS) is 9.27. The van der Waals surface area contributed by atoms with E-state index in [-0.39, 0.29) is 23.1 Å². The number of hydrogen-bond donors (Lipinski definition) is 4. The minimum absolute atomic E-state index is 0.117. The number of nitrogen functional groups attached to an aromatic ring is 2. The van der Waals surface area contributed by atoms with Crippen molar-refractivity contribution >= 4 is 28.7 Å². The molecule has 0 atom stereocenters. The Kier molecular flexibility index (Phi) is 15.7. The van der Waals surface area contributed by atoms with Gasteiger partial charge in [-0.3, -0.25) is 4.79 Å². The topological polar surface area (TPSA) is 132 Å². The number of carbonyl (C=O) groups is 1. The second-order valence-corrected chi connectivity index (χ2v) is 7.70. The lowest BCUT2D eigenvalue weighted by atomic mass is 10.1. The molecule has 0 spiro atoms. The number of anilines is 2. The molecule has 0 aliphatic rings. The number of aromatic amines is 1. The molecule has 3 rings (SSSR count). The van der Waals surface area contributed by atoms with Gasteiger partial charge in [0.2, 0.25) is 0 Å². The zero-order valence-electron chi connectivity index (χ0n) is 20.6. The van der Waals surface area contributed by atoms with Crippen molar-refractivity contribution in [3.05, 3.63) is 70.1 Å². The zero-order valence-corrected chi connectivity index (χ0v) is 21.4. The number of methoxy groups -OCH3 is 1. The van der Waals surface area contributed by atoms with Gasteiger partial charge in [-0.2, -0.15) is 11.3 Å². The summed E-state index contributed by atoms with van der Waals surface area (Å²) in [6.07, 6.45) is 5.65. The third-order valence-corrected chi connectivity index (χ3v) is 4.83. The zero-order chi connectivity index (χ0) is 25.2. The summed E-state index contributed by atoms with van der Waals surface area (Å²) in [7, 11) is 3.25. The first-order valence-electron chi connectivity index (χ1n) is 10.5. The van der Waals surface area contributed by atoms with Crippen LogP contribution >= 0.6 is 11.3 Å². The summed E-state index contributed by atoms with van der Waals surface area (Å²) >= 11 is 1.71. The lowest BCUT2D eigenvalue weighted by molar-refractivity contribution is 0.0949. The van der Waals surface area contributed by atoms with E-state index in [2.05, 4.69) is 45.4 Å². The number of ether oxygens (including phenoxy) is 1. The fraction of sp³-hybridized carbons (Fsp3) is 0.375. The number of thiophene rings is 1. The van der Waals surface area contributed by atoms with E-state index in [9.17, 15) is 4.79 Å². The Labute approximate surface area is 201 Å². The van der Waals surface area contributed by atoms with Crippen LogP contribution in [0.15, 0.2) is 41.7 Å². The van der Waals surface area contributed by atoms with E-state index in [1.54, 1.807) is 32.5 Å². The predicted octanol–water partition coefficient (Wildman–Crippen LogP) is 4.46. The van der Waals surface area contributed by atoms with Crippen molar-refractivity contribution in [1.29, 1.82) is 0 Å². The molecule has 0 unspecified atom stereocenters. The molecule has 0 aliphatic heterocycles. The van der Waals surface area contributed by atoms with Gasteiger partial charge < -0.3 is 26.5 Å². The van der Waals surface area contributed by atoms with Gasteiger partial charge in [-0.15, -0.1) is 6.58 Å². The molecule has 0 radical (unpaired) electrons. The molecule has 182 valence electrons. The van der Waals surface area contributed by atoms with Crippen LogP contribution in [0.5, 0.6) is 0 Å². The first-order valence-corrected chi connectivity index (χ1v) is 11.5. The second kappa shape index (κ2) is 17.4. The number of H-pyrrole nitrogens is 1. The van der Waals surface area contributed by atoms with Crippen LogP contribution in [-0.2, 0) is 11.2 Å². The summed E-state index contributed by atoms with van der Waals surface area (Å²) in [4.78, 5) is 23.2. The van der Waals surface area contributed by atoms with Gasteiger partial charge in [0.05, 0.1) is 0 Å². The predicted molar refractivity (Wildman–Crippen MR) is 140 cm³/mol. The summed E-state index contributed by atoms with van der Waals surface area (Å²) < 4.78 is 4.25. The fourth-order valence-electron chi connectivity index (χ4n) is 2.31. The van der Waals surface area contributed by atoms with Crippen LogP contribution in [0, 0.1) is 20.8 Å². The molecule has 6 N–H and O–H groups in total. The van der Waals surface area contributed by atoms with E-state index >= 15 is 0 Å². The second-order valence-electron chi connectivity index (χ2n) is 6.89. The molecule has 1 amide bonds. The summed E-state index contributed by atoms with van der Waals surface area (Å²) in [5.41, 5.74) is 15.2. The van der Waals surface area contributed by atoms with Crippen LogP contribution < -0.4 is 16.8 Å². The van der Waals surface area contributed by atoms with Crippen LogP contribution in [0.1, 0.15) is 46.5 Å². The van der Waals surface area contributed by atoms with E-state index in [1.807, 2.05) is 42.1 Å². The molecule has 8 nitrogen and oxygen atoms in total. The molecule has 0 saturated heterocycles. The smallest absolute Gasteiger partial charge is 0.272 e. The summed E-state index contributed by atoms with van der Waals surface area (Å²) in [6, 6.07) is 4.04. The number of nitrogens with zero attached hydrogens (tertiary/aromatic N) is 2. The number of allylic oxidation sites excluding steroid dienone is 1. The van der Waals surface area contributed by atoms with Gasteiger partial charge in [-0.25, -0.2) is 9.97 Å². The number of nitrogens with two attached hydrogens (primary N) is 2. The van der Waals surface area contributed by atoms with Crippen LogP contribution in [0.25, 0.3) is 0 Å². The molecule has 0 bridgehead atoms. The molecule has 3 aromatic heterocycles. The first-order chi connectivity index (χ1) is 15.7. The van der Waals surface area contributed by atoms with E-state index in [1.165, 1.54) is 11.1 Å². The first kappa shape index (κ1) is 29.8. The van der Waals surface area contributed by atoms with Crippen LogP contribution in [0.4, 0.5) is 11.5 Å². The van der Waals surface area contributed by atoms with E-state index in [0.717, 1.165) is 18.5 Å². The highest BCUT2D eigenvalue weighted by atomic mass is 32.1. The quantitative estimate of drug-likeness (QED) is 0.404. The largest absolute Gasteiger partial charge is 0.394 e. The number of rotatable bonds is 5. The van der Waals surface area contributed by atoms with Crippen LogP contribution in [0.2, 0.25) is 0 Å². The van der Waals surface area contributed by atoms with Crippen molar-refractivity contribution in [2.75, 3.05) is 32.2 Å². The average Bonchev–Trinajstić information content (AvgIpc) is 3.47. The Morgan fingerprint density at radius 2 is 1.79 bits per heavy atom. The number of hydrogen-bond acceptors (Lipinski definition) is 7. The van der Waals surface area contributed by atoms with Gasteiger partial charge in [0.1, 0.15) is 11.5 Å². The lowest BCUT2D eigenvalue weighted by Crippen LogP contribution is -2.28. The number of amides is 1. The van der Waals surface area contributed by atoms with Crippen molar-refractivity contribution in [2.45, 2.75) is 40.5 Å². The Morgan fingerprint density at radius 3 is 2.21 bits per heavy atom. The van der Waals surface area contributed by atoms with Crippen LogP contribution in [0.3, 0.4) is 0 Å². The van der Waals surface area contributed by atoms with Crippen LogP contribution in [-0.4, -0.2) is 41.6 Å². The number of nitrogens with one attached hydrogen (secondary N) is 2. The maximum Gasteiger partial charge on any atom is 0.272 e. The minimum Gasteiger partial charge on any atom is -0.394 e. The van der Waals surface area contributed by atoms with Crippen molar-refractivity contribution in [3.8, 4) is 0 Å². The van der Waals surface area contributed by atoms with E-state index in [4.69, 9.17) is 11.5 Å². The highest BCUT2D eigenvalue weighted by Gasteiger charge is 2.15. The van der Waals surface area contributed by atoms with Crippen molar-refractivity contribution in [2.24, 2.45) is 0 Å². The van der Waals surface area contributed by atoms with Gasteiger partial charge in [0.15, 0.2) is 11.5 Å². The third kappa shape index (κ3) is 11.9. The number of aromatic nitrogens is 3. The molecular weight excluding hydrogens is 436 g/mol. The average molecular weight is 475 g/mol. The molecule has 0 saturated carbocycles. The molecule has 33 heavy (non-hydrogen) atoms. The Balaban J connectivity index is 0.000000698. The molecule has 3 heterocycles. The van der Waals surface area contributed by atoms with E-state index < -0.39 is 0 Å². The van der Waals surface area contributed by atoms with Gasteiger partial charge in [-0.05, 0) is 55.5 Å². The van der Waals surface area contributed by atoms with Crippen molar-refractivity contribution in [1.82, 2.24) is 20.3 Å². The standard InChI is InChI=1S/C14H20N6O.C4H4S.C4H8.C2H6O/c1-7-8(2)18-6-10(7)4-5-17-14(21)12-11(15)13(16)20-9(3)19-12;1-2-4-5-3-1;1-3-4-2;1-3-2/h6,18H,4-5,15H2,1-3H3,(H,17,21)(H2,16,19,20);1-4H;3H,1,4H2,2H3;1-2H3. The maximum atomic E-state index is 12.1. The lowest BCUT2D eigenvalue weighted by Gasteiger charge is -2.09.